The summed E-state index contributed by atoms with van der Waals surface area (Å²) in [6.07, 6.45) is 3.58. The lowest BCUT2D eigenvalue weighted by molar-refractivity contribution is -0.751. The maximum atomic E-state index is 7.35. The summed E-state index contributed by atoms with van der Waals surface area (Å²) >= 11 is 0. The fourth-order valence-electron chi connectivity index (χ4n) is 2.33. The summed E-state index contributed by atoms with van der Waals surface area (Å²) in [4.78, 5) is 2.25. The van der Waals surface area contributed by atoms with Crippen LogP contribution in [0.5, 0.6) is 0 Å². The molecule has 0 aliphatic carbocycles. The maximum Gasteiger partial charge on any atom is 0.197 e. The average molecular weight is 246 g/mol. The molecule has 0 saturated carbocycles. The van der Waals surface area contributed by atoms with E-state index in [-0.39, 0.29) is 5.84 Å². The van der Waals surface area contributed by atoms with Crippen LogP contribution in [0.4, 0.5) is 5.82 Å². The van der Waals surface area contributed by atoms with Crippen molar-refractivity contribution >= 4 is 11.7 Å². The predicted molar refractivity (Wildman–Crippen MR) is 66.4 cm³/mol. The molecule has 3 heterocycles. The van der Waals surface area contributed by atoms with E-state index in [1.165, 1.54) is 12.1 Å². The van der Waals surface area contributed by atoms with Gasteiger partial charge >= 0.3 is 0 Å². The summed E-state index contributed by atoms with van der Waals surface area (Å²) in [5, 5.41) is 7.35. The molecular formula is C12H16N5O+. The summed E-state index contributed by atoms with van der Waals surface area (Å²) in [5.74, 6) is 2.07. The molecule has 1 aliphatic heterocycles. The third-order valence-corrected chi connectivity index (χ3v) is 3.30. The molecule has 0 aromatic carbocycles. The minimum atomic E-state index is 0.0428. The lowest BCUT2D eigenvalue weighted by Gasteiger charge is -2.13. The number of nitrogens with two attached hydrogens (primary N) is 1. The standard InChI is InChI=1S/C12H16N5O/c1-15-3-2-11-16(4-5-17(11)15)7-10-6-9(8-18-10)12(13)14/h2-3,6,8H,4-5,7H2,1H3,(H3,13,14)/q+1. The lowest BCUT2D eigenvalue weighted by Crippen LogP contribution is -2.37. The Labute approximate surface area is 105 Å². The molecule has 1 aliphatic rings. The fourth-order valence-corrected chi connectivity index (χ4v) is 2.33. The number of hydrogen-bond acceptors (Lipinski definition) is 3. The highest BCUT2D eigenvalue weighted by molar-refractivity contribution is 5.94. The molecule has 0 spiro atoms. The average Bonchev–Trinajstić information content (AvgIpc) is 2.99. The molecule has 0 atom stereocenters. The van der Waals surface area contributed by atoms with Crippen molar-refractivity contribution in [2.75, 3.05) is 11.4 Å². The Balaban J connectivity index is 1.79. The molecule has 6 nitrogen and oxygen atoms in total. The van der Waals surface area contributed by atoms with Crippen LogP contribution in [-0.2, 0) is 20.1 Å². The van der Waals surface area contributed by atoms with Crippen LogP contribution in [0.3, 0.4) is 0 Å². The van der Waals surface area contributed by atoms with Gasteiger partial charge in [-0.1, -0.05) is 0 Å². The van der Waals surface area contributed by atoms with Crippen molar-refractivity contribution in [3.05, 3.63) is 35.9 Å². The van der Waals surface area contributed by atoms with Gasteiger partial charge in [-0.05, 0) is 6.07 Å². The number of aryl methyl sites for hydroxylation is 1. The summed E-state index contributed by atoms with van der Waals surface area (Å²) in [5.41, 5.74) is 6.06. The lowest BCUT2D eigenvalue weighted by atomic mass is 10.3. The van der Waals surface area contributed by atoms with Crippen LogP contribution in [0.2, 0.25) is 0 Å². The summed E-state index contributed by atoms with van der Waals surface area (Å²) in [7, 11) is 2.04. The number of furan rings is 1. The Kier molecular flexibility index (Phi) is 2.36. The molecule has 0 unspecified atom stereocenters. The van der Waals surface area contributed by atoms with Crippen molar-refractivity contribution < 1.29 is 9.10 Å². The molecule has 0 radical (unpaired) electrons. The number of amidine groups is 1. The smallest absolute Gasteiger partial charge is 0.197 e. The second kappa shape index (κ2) is 3.90. The van der Waals surface area contributed by atoms with E-state index in [0.717, 1.165) is 18.8 Å². The van der Waals surface area contributed by atoms with Crippen molar-refractivity contribution in [3.8, 4) is 0 Å². The molecular weight excluding hydrogens is 230 g/mol. The zero-order chi connectivity index (χ0) is 12.7. The Morgan fingerprint density at radius 1 is 1.56 bits per heavy atom. The number of nitrogen functional groups attached to an aromatic ring is 1. The van der Waals surface area contributed by atoms with Crippen molar-refractivity contribution in [2.45, 2.75) is 13.1 Å². The van der Waals surface area contributed by atoms with Crippen LogP contribution in [-0.4, -0.2) is 17.1 Å². The third kappa shape index (κ3) is 1.66. The Bertz CT molecular complexity index is 597. The first-order valence-electron chi connectivity index (χ1n) is 5.87. The van der Waals surface area contributed by atoms with Gasteiger partial charge in [0.2, 0.25) is 0 Å². The van der Waals surface area contributed by atoms with Gasteiger partial charge < -0.3 is 15.1 Å². The van der Waals surface area contributed by atoms with Crippen molar-refractivity contribution in [2.24, 2.45) is 12.8 Å². The van der Waals surface area contributed by atoms with Gasteiger partial charge in [0, 0.05) is 6.54 Å². The minimum Gasteiger partial charge on any atom is -0.467 e. The van der Waals surface area contributed by atoms with Gasteiger partial charge in [0.25, 0.3) is 0 Å². The minimum absolute atomic E-state index is 0.0428. The van der Waals surface area contributed by atoms with Crippen molar-refractivity contribution in [1.29, 1.82) is 5.41 Å². The van der Waals surface area contributed by atoms with Crippen LogP contribution in [0.1, 0.15) is 11.3 Å². The van der Waals surface area contributed by atoms with Gasteiger partial charge in [-0.25, -0.2) is 0 Å². The van der Waals surface area contributed by atoms with Gasteiger partial charge in [0.05, 0.1) is 24.7 Å². The summed E-state index contributed by atoms with van der Waals surface area (Å²) in [6, 6.07) is 3.93. The molecule has 18 heavy (non-hydrogen) atoms. The highest BCUT2D eigenvalue weighted by atomic mass is 16.3. The Hall–Kier alpha value is -2.24. The van der Waals surface area contributed by atoms with E-state index < -0.39 is 0 Å². The van der Waals surface area contributed by atoms with E-state index in [9.17, 15) is 0 Å². The number of rotatable bonds is 3. The number of anilines is 1. The quantitative estimate of drug-likeness (QED) is 0.462. The van der Waals surface area contributed by atoms with E-state index in [2.05, 4.69) is 20.3 Å². The summed E-state index contributed by atoms with van der Waals surface area (Å²) < 4.78 is 9.73. The Morgan fingerprint density at radius 2 is 2.39 bits per heavy atom. The molecule has 3 N–H and O–H groups in total. The highest BCUT2D eigenvalue weighted by Crippen LogP contribution is 2.22. The topological polar surface area (TPSA) is 75.1 Å². The largest absolute Gasteiger partial charge is 0.467 e. The van der Waals surface area contributed by atoms with Gasteiger partial charge in [-0.3, -0.25) is 5.41 Å². The molecule has 0 fully saturated rings. The van der Waals surface area contributed by atoms with E-state index in [1.807, 2.05) is 19.3 Å². The second-order valence-corrected chi connectivity index (χ2v) is 4.51. The normalized spacial score (nSPS) is 13.9. The predicted octanol–water partition coefficient (Wildman–Crippen LogP) is 0.210. The van der Waals surface area contributed by atoms with Gasteiger partial charge in [0.1, 0.15) is 17.9 Å². The summed E-state index contributed by atoms with van der Waals surface area (Å²) in [6.45, 7) is 2.66. The molecule has 0 amide bonds. The van der Waals surface area contributed by atoms with Crippen LogP contribution >= 0.6 is 0 Å². The van der Waals surface area contributed by atoms with E-state index >= 15 is 0 Å². The highest BCUT2D eigenvalue weighted by Gasteiger charge is 2.25. The molecule has 0 saturated heterocycles. The zero-order valence-electron chi connectivity index (χ0n) is 10.3. The van der Waals surface area contributed by atoms with Gasteiger partial charge in [0.15, 0.2) is 19.1 Å². The van der Waals surface area contributed by atoms with E-state index in [0.29, 0.717) is 12.1 Å². The van der Waals surface area contributed by atoms with E-state index in [1.54, 1.807) is 0 Å². The van der Waals surface area contributed by atoms with E-state index in [4.69, 9.17) is 15.6 Å². The number of hydrogen-bond donors (Lipinski definition) is 2. The van der Waals surface area contributed by atoms with Crippen LogP contribution in [0.15, 0.2) is 29.0 Å². The molecule has 3 rings (SSSR count). The fraction of sp³-hybridized carbons (Fsp3) is 0.333. The van der Waals surface area contributed by atoms with Crippen molar-refractivity contribution in [1.82, 2.24) is 4.68 Å². The zero-order valence-corrected chi connectivity index (χ0v) is 10.3. The molecule has 2 aromatic heterocycles. The first kappa shape index (κ1) is 10.9. The monoisotopic (exact) mass is 246 g/mol. The van der Waals surface area contributed by atoms with Crippen LogP contribution < -0.4 is 15.3 Å². The maximum absolute atomic E-state index is 7.35. The molecule has 2 aromatic rings. The van der Waals surface area contributed by atoms with Gasteiger partial charge in [-0.15, -0.1) is 9.36 Å². The first-order valence-corrected chi connectivity index (χ1v) is 5.87. The van der Waals surface area contributed by atoms with Gasteiger partial charge in [-0.2, -0.15) is 0 Å². The number of fused-ring (bicyclic) bond motifs is 1. The Morgan fingerprint density at radius 3 is 3.11 bits per heavy atom. The second-order valence-electron chi connectivity index (χ2n) is 4.51. The van der Waals surface area contributed by atoms with Crippen LogP contribution in [0.25, 0.3) is 0 Å². The van der Waals surface area contributed by atoms with Crippen molar-refractivity contribution in [3.63, 3.8) is 0 Å². The SMILES string of the molecule is C[n+]1ccc2n1CCN2Cc1cc(C(=N)N)co1. The number of nitrogens with zero attached hydrogens (tertiary/aromatic N) is 3. The third-order valence-electron chi connectivity index (χ3n) is 3.30. The van der Waals surface area contributed by atoms with Crippen LogP contribution in [0, 0.1) is 5.41 Å². The molecule has 0 bridgehead atoms. The molecule has 94 valence electrons. The number of aromatic nitrogens is 2. The number of nitrogens with one attached hydrogen (secondary N) is 1. The first-order chi connectivity index (χ1) is 8.65. The molecule has 6 heteroatoms.